The number of rotatable bonds is 4. The van der Waals surface area contributed by atoms with Crippen LogP contribution >= 0.6 is 0 Å². The molecular formula is C12H15N3O2. The Morgan fingerprint density at radius 3 is 3.06 bits per heavy atom. The smallest absolute Gasteiger partial charge is 0.292 e. The maximum absolute atomic E-state index is 11.8. The summed E-state index contributed by atoms with van der Waals surface area (Å²) in [5, 5.41) is 6.97. The molecule has 0 spiro atoms. The molecule has 1 amide bonds. The summed E-state index contributed by atoms with van der Waals surface area (Å²) in [6.45, 7) is 4.13. The summed E-state index contributed by atoms with van der Waals surface area (Å²) < 4.78 is 6.82. The van der Waals surface area contributed by atoms with Crippen molar-refractivity contribution in [2.75, 3.05) is 5.32 Å². The molecule has 5 heteroatoms. The van der Waals surface area contributed by atoms with E-state index in [4.69, 9.17) is 4.42 Å². The average Bonchev–Trinajstić information content (AvgIpc) is 2.98. The monoisotopic (exact) mass is 233 g/mol. The van der Waals surface area contributed by atoms with Crippen molar-refractivity contribution in [2.24, 2.45) is 0 Å². The van der Waals surface area contributed by atoms with Crippen molar-refractivity contribution < 1.29 is 9.21 Å². The van der Waals surface area contributed by atoms with Crippen LogP contribution < -0.4 is 5.32 Å². The highest BCUT2D eigenvalue weighted by atomic mass is 16.3. The van der Waals surface area contributed by atoms with Gasteiger partial charge in [-0.1, -0.05) is 6.92 Å². The maximum atomic E-state index is 11.8. The van der Waals surface area contributed by atoms with Crippen LogP contribution in [0.4, 0.5) is 5.82 Å². The lowest BCUT2D eigenvalue weighted by atomic mass is 10.3. The van der Waals surface area contributed by atoms with Crippen LogP contribution in [-0.2, 0) is 0 Å². The zero-order valence-corrected chi connectivity index (χ0v) is 9.88. The summed E-state index contributed by atoms with van der Waals surface area (Å²) in [6, 6.07) is 5.32. The molecule has 0 bridgehead atoms. The van der Waals surface area contributed by atoms with E-state index < -0.39 is 0 Å². The number of anilines is 1. The molecule has 1 unspecified atom stereocenters. The zero-order chi connectivity index (χ0) is 12.3. The third kappa shape index (κ3) is 2.38. The highest BCUT2D eigenvalue weighted by Crippen LogP contribution is 2.17. The summed E-state index contributed by atoms with van der Waals surface area (Å²) in [5.41, 5.74) is 0. The Labute approximate surface area is 99.4 Å². The molecule has 1 N–H and O–H groups in total. The number of aromatic nitrogens is 2. The summed E-state index contributed by atoms with van der Waals surface area (Å²) in [7, 11) is 0. The summed E-state index contributed by atoms with van der Waals surface area (Å²) >= 11 is 0. The number of furan rings is 1. The number of nitrogens with zero attached hydrogens (tertiary/aromatic N) is 2. The molecule has 0 saturated heterocycles. The topological polar surface area (TPSA) is 60.1 Å². The third-order valence-electron chi connectivity index (χ3n) is 2.67. The van der Waals surface area contributed by atoms with Crippen LogP contribution in [0.25, 0.3) is 0 Å². The maximum Gasteiger partial charge on any atom is 0.292 e. The molecule has 2 rings (SSSR count). The Kier molecular flexibility index (Phi) is 3.27. The molecular weight excluding hydrogens is 218 g/mol. The predicted molar refractivity (Wildman–Crippen MR) is 63.9 cm³/mol. The van der Waals surface area contributed by atoms with Crippen molar-refractivity contribution in [3.63, 3.8) is 0 Å². The molecule has 2 aromatic heterocycles. The van der Waals surface area contributed by atoms with E-state index in [9.17, 15) is 4.79 Å². The second kappa shape index (κ2) is 4.86. The molecule has 5 nitrogen and oxygen atoms in total. The van der Waals surface area contributed by atoms with Gasteiger partial charge in [0.2, 0.25) is 0 Å². The molecule has 90 valence electrons. The lowest BCUT2D eigenvalue weighted by Crippen LogP contribution is -2.16. The highest BCUT2D eigenvalue weighted by molar-refractivity contribution is 6.01. The van der Waals surface area contributed by atoms with Crippen molar-refractivity contribution in [2.45, 2.75) is 26.3 Å². The van der Waals surface area contributed by atoms with Crippen LogP contribution in [0.5, 0.6) is 0 Å². The minimum atomic E-state index is -0.264. The van der Waals surface area contributed by atoms with E-state index in [2.05, 4.69) is 24.3 Å². The first kappa shape index (κ1) is 11.4. The van der Waals surface area contributed by atoms with Gasteiger partial charge in [-0.15, -0.1) is 0 Å². The average molecular weight is 233 g/mol. The normalized spacial score (nSPS) is 12.4. The van der Waals surface area contributed by atoms with Crippen LogP contribution in [-0.4, -0.2) is 15.7 Å². The summed E-state index contributed by atoms with van der Waals surface area (Å²) in [4.78, 5) is 11.8. The number of hydrogen-bond acceptors (Lipinski definition) is 3. The number of carbonyl (C=O) groups is 1. The standard InChI is InChI=1S/C12H15N3O2/c1-3-9(2)15-11(6-7-13-15)14-12(16)10-5-4-8-17-10/h4-9H,3H2,1-2H3,(H,14,16). The van der Waals surface area contributed by atoms with Crippen molar-refractivity contribution >= 4 is 11.7 Å². The van der Waals surface area contributed by atoms with E-state index in [-0.39, 0.29) is 11.9 Å². The van der Waals surface area contributed by atoms with Gasteiger partial charge in [-0.3, -0.25) is 4.79 Å². The van der Waals surface area contributed by atoms with Gasteiger partial charge in [0.25, 0.3) is 5.91 Å². The molecule has 0 aromatic carbocycles. The van der Waals surface area contributed by atoms with E-state index >= 15 is 0 Å². The molecule has 0 aliphatic rings. The SMILES string of the molecule is CCC(C)n1nccc1NC(=O)c1ccco1. The number of nitrogens with one attached hydrogen (secondary N) is 1. The Morgan fingerprint density at radius 2 is 2.41 bits per heavy atom. The zero-order valence-electron chi connectivity index (χ0n) is 9.88. The summed E-state index contributed by atoms with van der Waals surface area (Å²) in [5.74, 6) is 0.711. The van der Waals surface area contributed by atoms with Gasteiger partial charge < -0.3 is 9.73 Å². The van der Waals surface area contributed by atoms with Gasteiger partial charge in [0.05, 0.1) is 18.5 Å². The first-order chi connectivity index (χ1) is 8.22. The van der Waals surface area contributed by atoms with Crippen LogP contribution in [0.15, 0.2) is 35.1 Å². The largest absolute Gasteiger partial charge is 0.459 e. The fourth-order valence-electron chi connectivity index (χ4n) is 1.52. The molecule has 0 saturated carbocycles. The predicted octanol–water partition coefficient (Wildman–Crippen LogP) is 2.70. The fraction of sp³-hybridized carbons (Fsp3) is 0.333. The van der Waals surface area contributed by atoms with E-state index in [0.717, 1.165) is 6.42 Å². The first-order valence-electron chi connectivity index (χ1n) is 5.60. The van der Waals surface area contributed by atoms with Gasteiger partial charge in [-0.05, 0) is 25.5 Å². The van der Waals surface area contributed by atoms with Crippen LogP contribution in [0.3, 0.4) is 0 Å². The van der Waals surface area contributed by atoms with Crippen molar-refractivity contribution in [1.29, 1.82) is 0 Å². The minimum Gasteiger partial charge on any atom is -0.459 e. The molecule has 0 aliphatic carbocycles. The lowest BCUT2D eigenvalue weighted by molar-refractivity contribution is 0.0995. The molecule has 2 aromatic rings. The molecule has 17 heavy (non-hydrogen) atoms. The minimum absolute atomic E-state index is 0.247. The molecule has 0 radical (unpaired) electrons. The van der Waals surface area contributed by atoms with Crippen molar-refractivity contribution in [1.82, 2.24) is 9.78 Å². The van der Waals surface area contributed by atoms with E-state index in [1.165, 1.54) is 6.26 Å². The fourth-order valence-corrected chi connectivity index (χ4v) is 1.52. The second-order valence-electron chi connectivity index (χ2n) is 3.85. The molecule has 2 heterocycles. The Balaban J connectivity index is 2.14. The van der Waals surface area contributed by atoms with Gasteiger partial charge in [-0.25, -0.2) is 4.68 Å². The summed E-state index contributed by atoms with van der Waals surface area (Å²) in [6.07, 6.45) is 4.09. The van der Waals surface area contributed by atoms with Crippen LogP contribution in [0, 0.1) is 0 Å². The highest BCUT2D eigenvalue weighted by Gasteiger charge is 2.13. The van der Waals surface area contributed by atoms with Crippen LogP contribution in [0.2, 0.25) is 0 Å². The van der Waals surface area contributed by atoms with Gasteiger partial charge in [0.15, 0.2) is 5.76 Å². The molecule has 1 atom stereocenters. The molecule has 0 aliphatic heterocycles. The first-order valence-corrected chi connectivity index (χ1v) is 5.60. The van der Waals surface area contributed by atoms with Crippen molar-refractivity contribution in [3.8, 4) is 0 Å². The number of hydrogen-bond donors (Lipinski definition) is 1. The Bertz CT molecular complexity index is 488. The van der Waals surface area contributed by atoms with Crippen LogP contribution in [0.1, 0.15) is 36.9 Å². The third-order valence-corrected chi connectivity index (χ3v) is 2.67. The Morgan fingerprint density at radius 1 is 1.59 bits per heavy atom. The van der Waals surface area contributed by atoms with E-state index in [0.29, 0.717) is 11.6 Å². The van der Waals surface area contributed by atoms with Gasteiger partial charge in [0.1, 0.15) is 5.82 Å². The molecule has 0 fully saturated rings. The lowest BCUT2D eigenvalue weighted by Gasteiger charge is -2.13. The second-order valence-corrected chi connectivity index (χ2v) is 3.85. The van der Waals surface area contributed by atoms with Gasteiger partial charge in [0, 0.05) is 6.07 Å². The van der Waals surface area contributed by atoms with E-state index in [1.807, 2.05) is 0 Å². The number of carbonyl (C=O) groups excluding carboxylic acids is 1. The van der Waals surface area contributed by atoms with Gasteiger partial charge in [-0.2, -0.15) is 5.10 Å². The number of amides is 1. The Hall–Kier alpha value is -2.04. The van der Waals surface area contributed by atoms with Crippen molar-refractivity contribution in [3.05, 3.63) is 36.4 Å². The van der Waals surface area contributed by atoms with Gasteiger partial charge >= 0.3 is 0 Å². The quantitative estimate of drug-likeness (QED) is 0.883. The van der Waals surface area contributed by atoms with E-state index in [1.54, 1.807) is 29.1 Å².